The van der Waals surface area contributed by atoms with Crippen LogP contribution in [0.5, 0.6) is 0 Å². The van der Waals surface area contributed by atoms with Crippen LogP contribution in [0.25, 0.3) is 0 Å². The number of carbonyl (C=O) groups excluding carboxylic acids is 3. The van der Waals surface area contributed by atoms with E-state index in [0.717, 1.165) is 0 Å². The first-order valence-electron chi connectivity index (χ1n) is 8.91. The minimum Gasteiger partial charge on any atom is -0.447 e. The molecule has 1 atom stereocenters. The summed E-state index contributed by atoms with van der Waals surface area (Å²) in [4.78, 5) is 37.6. The van der Waals surface area contributed by atoms with E-state index >= 15 is 0 Å². The number of cyclic esters (lactones) is 1. The minimum absolute atomic E-state index is 0.130. The van der Waals surface area contributed by atoms with Gasteiger partial charge < -0.3 is 25.8 Å². The number of ether oxygens (including phenoxy) is 1. The molecule has 0 saturated carbocycles. The number of nitrogens with zero attached hydrogens (tertiary/aromatic N) is 1. The van der Waals surface area contributed by atoms with Gasteiger partial charge in [0.05, 0.1) is 13.2 Å². The zero-order valence-corrected chi connectivity index (χ0v) is 15.5. The summed E-state index contributed by atoms with van der Waals surface area (Å²) in [6, 6.07) is 5.58. The summed E-state index contributed by atoms with van der Waals surface area (Å²) >= 11 is 0. The maximum Gasteiger partial charge on any atom is 0.414 e. The Morgan fingerprint density at radius 1 is 1.33 bits per heavy atom. The fraction of sp³-hybridized carbons (Fsp3) is 0.500. The van der Waals surface area contributed by atoms with Crippen LogP contribution in [0.3, 0.4) is 0 Å². The van der Waals surface area contributed by atoms with E-state index in [1.165, 1.54) is 4.90 Å². The van der Waals surface area contributed by atoms with Crippen molar-refractivity contribution in [2.45, 2.75) is 26.3 Å². The van der Waals surface area contributed by atoms with Gasteiger partial charge >= 0.3 is 12.1 Å². The zero-order chi connectivity index (χ0) is 19.8. The van der Waals surface area contributed by atoms with Crippen LogP contribution in [-0.4, -0.2) is 55.5 Å². The van der Waals surface area contributed by atoms with Crippen molar-refractivity contribution in [1.29, 1.82) is 0 Å². The lowest BCUT2D eigenvalue weighted by Gasteiger charge is -2.20. The first kappa shape index (κ1) is 20.5. The lowest BCUT2D eigenvalue weighted by Crippen LogP contribution is -2.49. The molecule has 0 aliphatic carbocycles. The second-order valence-corrected chi connectivity index (χ2v) is 6.61. The third kappa shape index (κ3) is 6.14. The molecular formula is C18H26N4O5. The molecule has 0 bridgehead atoms. The van der Waals surface area contributed by atoms with E-state index in [-0.39, 0.29) is 25.0 Å². The van der Waals surface area contributed by atoms with Crippen molar-refractivity contribution in [2.75, 3.05) is 36.5 Å². The van der Waals surface area contributed by atoms with Gasteiger partial charge in [0, 0.05) is 17.9 Å². The van der Waals surface area contributed by atoms with Gasteiger partial charge in [-0.25, -0.2) is 9.59 Å². The molecule has 1 aromatic rings. The van der Waals surface area contributed by atoms with E-state index in [4.69, 9.17) is 9.84 Å². The van der Waals surface area contributed by atoms with Gasteiger partial charge in [-0.15, -0.1) is 0 Å². The molecule has 4 amide bonds. The standard InChI is InChI=1S/C18H26N4O5/c1-12(2)10-15(16(24)19-6-8-23)21-17(25)20-13-4-3-5-14(11-13)22-7-9-27-18(22)26/h3-5,11-12,15,23H,6-10H2,1-2H3,(H,19,24)(H2,20,21,25)/t15-/m0/s1. The monoisotopic (exact) mass is 378 g/mol. The van der Waals surface area contributed by atoms with Crippen LogP contribution in [0.4, 0.5) is 21.0 Å². The molecule has 9 heteroatoms. The molecular weight excluding hydrogens is 352 g/mol. The van der Waals surface area contributed by atoms with E-state index in [9.17, 15) is 14.4 Å². The molecule has 1 aliphatic heterocycles. The topological polar surface area (TPSA) is 120 Å². The van der Waals surface area contributed by atoms with E-state index in [1.54, 1.807) is 24.3 Å². The largest absolute Gasteiger partial charge is 0.447 e. The second-order valence-electron chi connectivity index (χ2n) is 6.61. The molecule has 1 aromatic carbocycles. The quantitative estimate of drug-likeness (QED) is 0.543. The van der Waals surface area contributed by atoms with E-state index < -0.39 is 18.2 Å². The lowest BCUT2D eigenvalue weighted by molar-refractivity contribution is -0.123. The Hall–Kier alpha value is -2.81. The van der Waals surface area contributed by atoms with Gasteiger partial charge in [-0.05, 0) is 30.5 Å². The Morgan fingerprint density at radius 3 is 2.74 bits per heavy atom. The number of hydrogen-bond donors (Lipinski definition) is 4. The van der Waals surface area contributed by atoms with Crippen molar-refractivity contribution >= 4 is 29.4 Å². The summed E-state index contributed by atoms with van der Waals surface area (Å²) < 4.78 is 4.91. The molecule has 148 valence electrons. The Morgan fingerprint density at radius 2 is 2.11 bits per heavy atom. The normalized spacial score (nSPS) is 14.7. The summed E-state index contributed by atoms with van der Waals surface area (Å²) in [5.41, 5.74) is 1.11. The van der Waals surface area contributed by atoms with Crippen LogP contribution >= 0.6 is 0 Å². The average molecular weight is 378 g/mol. The molecule has 0 radical (unpaired) electrons. The smallest absolute Gasteiger partial charge is 0.414 e. The number of amides is 4. The van der Waals surface area contributed by atoms with E-state index in [0.29, 0.717) is 30.9 Å². The van der Waals surface area contributed by atoms with Crippen molar-refractivity contribution in [1.82, 2.24) is 10.6 Å². The summed E-state index contributed by atoms with van der Waals surface area (Å²) in [7, 11) is 0. The second kappa shape index (κ2) is 9.77. The highest BCUT2D eigenvalue weighted by Crippen LogP contribution is 2.22. The average Bonchev–Trinajstić information content (AvgIpc) is 3.05. The lowest BCUT2D eigenvalue weighted by atomic mass is 10.0. The van der Waals surface area contributed by atoms with E-state index in [2.05, 4.69) is 16.0 Å². The first-order chi connectivity index (χ1) is 12.9. The van der Waals surface area contributed by atoms with Gasteiger partial charge in [-0.3, -0.25) is 9.69 Å². The highest BCUT2D eigenvalue weighted by atomic mass is 16.6. The molecule has 1 aliphatic rings. The van der Waals surface area contributed by atoms with Crippen LogP contribution < -0.4 is 20.9 Å². The SMILES string of the molecule is CC(C)C[C@H](NC(=O)Nc1cccc(N2CCOC2=O)c1)C(=O)NCCO. The van der Waals surface area contributed by atoms with Crippen LogP contribution in [0.1, 0.15) is 20.3 Å². The molecule has 0 aromatic heterocycles. The molecule has 0 spiro atoms. The molecule has 0 unspecified atom stereocenters. The van der Waals surface area contributed by atoms with Gasteiger partial charge in [0.25, 0.3) is 0 Å². The molecule has 2 rings (SSSR count). The number of urea groups is 1. The number of aliphatic hydroxyl groups excluding tert-OH is 1. The Kier molecular flexibility index (Phi) is 7.42. The van der Waals surface area contributed by atoms with E-state index in [1.807, 2.05) is 13.8 Å². The highest BCUT2D eigenvalue weighted by Gasteiger charge is 2.24. The number of benzene rings is 1. The fourth-order valence-electron chi connectivity index (χ4n) is 2.71. The number of rotatable bonds is 8. The van der Waals surface area contributed by atoms with Crippen LogP contribution in [0.2, 0.25) is 0 Å². The number of hydrogen-bond acceptors (Lipinski definition) is 5. The molecule has 1 heterocycles. The number of nitrogens with one attached hydrogen (secondary N) is 3. The molecule has 27 heavy (non-hydrogen) atoms. The predicted octanol–water partition coefficient (Wildman–Crippen LogP) is 1.29. The molecule has 1 saturated heterocycles. The Bertz CT molecular complexity index is 679. The number of anilines is 2. The highest BCUT2D eigenvalue weighted by molar-refractivity contribution is 5.95. The third-order valence-electron chi connectivity index (χ3n) is 3.92. The van der Waals surface area contributed by atoms with Gasteiger partial charge in [-0.2, -0.15) is 0 Å². The maximum absolute atomic E-state index is 12.3. The summed E-state index contributed by atoms with van der Waals surface area (Å²) in [5, 5.41) is 16.7. The maximum atomic E-state index is 12.3. The van der Waals surface area contributed by atoms with Gasteiger partial charge in [-0.1, -0.05) is 19.9 Å². The van der Waals surface area contributed by atoms with Crippen molar-refractivity contribution in [3.8, 4) is 0 Å². The van der Waals surface area contributed by atoms with Crippen molar-refractivity contribution in [2.24, 2.45) is 5.92 Å². The van der Waals surface area contributed by atoms with Crippen LogP contribution in [0, 0.1) is 5.92 Å². The van der Waals surface area contributed by atoms with Crippen LogP contribution in [-0.2, 0) is 9.53 Å². The van der Waals surface area contributed by atoms with Crippen molar-refractivity contribution < 1.29 is 24.2 Å². The fourth-order valence-corrected chi connectivity index (χ4v) is 2.71. The van der Waals surface area contributed by atoms with Crippen molar-refractivity contribution in [3.63, 3.8) is 0 Å². The van der Waals surface area contributed by atoms with Crippen molar-refractivity contribution in [3.05, 3.63) is 24.3 Å². The zero-order valence-electron chi connectivity index (χ0n) is 15.5. The van der Waals surface area contributed by atoms with Gasteiger partial charge in [0.15, 0.2) is 0 Å². The van der Waals surface area contributed by atoms with Gasteiger partial charge in [0.1, 0.15) is 12.6 Å². The Labute approximate surface area is 158 Å². The Balaban J connectivity index is 2.00. The molecule has 4 N–H and O–H groups in total. The summed E-state index contributed by atoms with van der Waals surface area (Å²) in [6.07, 6.45) is 0.0406. The summed E-state index contributed by atoms with van der Waals surface area (Å²) in [5.74, 6) is -0.152. The van der Waals surface area contributed by atoms with Crippen LogP contribution in [0.15, 0.2) is 24.3 Å². The summed E-state index contributed by atoms with van der Waals surface area (Å²) in [6.45, 7) is 4.64. The number of carbonyl (C=O) groups is 3. The van der Waals surface area contributed by atoms with Gasteiger partial charge in [0.2, 0.25) is 5.91 Å². The number of aliphatic hydroxyl groups is 1. The third-order valence-corrected chi connectivity index (χ3v) is 3.92. The predicted molar refractivity (Wildman–Crippen MR) is 101 cm³/mol. The first-order valence-corrected chi connectivity index (χ1v) is 8.91. The molecule has 1 fully saturated rings. The molecule has 9 nitrogen and oxygen atoms in total. The minimum atomic E-state index is -0.715.